The van der Waals surface area contributed by atoms with Crippen LogP contribution in [0.4, 0.5) is 0 Å². The minimum atomic E-state index is 0.0112. The third kappa shape index (κ3) is 2.30. The van der Waals surface area contributed by atoms with Gasteiger partial charge in [-0.2, -0.15) is 0 Å². The molecular weight excluding hydrogens is 216 g/mol. The molecule has 0 radical (unpaired) electrons. The molecule has 0 fully saturated rings. The zero-order valence-corrected chi connectivity index (χ0v) is 10.3. The molecule has 1 unspecified atom stereocenters. The predicted octanol–water partition coefficient (Wildman–Crippen LogP) is 0.967. The fourth-order valence-corrected chi connectivity index (χ4v) is 1.96. The summed E-state index contributed by atoms with van der Waals surface area (Å²) >= 11 is 0. The number of methoxy groups -OCH3 is 1. The maximum absolute atomic E-state index is 5.64. The summed E-state index contributed by atoms with van der Waals surface area (Å²) in [4.78, 5) is 8.94. The smallest absolute Gasteiger partial charge is 0.159 e. The molecule has 2 heterocycles. The van der Waals surface area contributed by atoms with E-state index < -0.39 is 0 Å². The Labute approximate surface area is 101 Å². The van der Waals surface area contributed by atoms with Gasteiger partial charge in [0.05, 0.1) is 6.10 Å². The highest BCUT2D eigenvalue weighted by Crippen LogP contribution is 2.15. The lowest BCUT2D eigenvalue weighted by Crippen LogP contribution is -2.26. The fraction of sp³-hybridized carbons (Fsp3) is 0.500. The van der Waals surface area contributed by atoms with Gasteiger partial charge in [-0.1, -0.05) is 0 Å². The number of pyridine rings is 1. The van der Waals surface area contributed by atoms with E-state index in [1.165, 1.54) is 0 Å². The van der Waals surface area contributed by atoms with Crippen LogP contribution in [0.2, 0.25) is 0 Å². The monoisotopic (exact) mass is 234 g/mol. The summed E-state index contributed by atoms with van der Waals surface area (Å²) in [6.07, 6.45) is 2.52. The first-order chi connectivity index (χ1) is 8.30. The summed E-state index contributed by atoms with van der Waals surface area (Å²) in [7, 11) is 1.68. The fourth-order valence-electron chi connectivity index (χ4n) is 1.96. The lowest BCUT2D eigenvalue weighted by Gasteiger charge is -2.13. The number of imidazole rings is 1. The zero-order chi connectivity index (χ0) is 12.3. The quantitative estimate of drug-likeness (QED) is 0.837. The molecule has 5 nitrogen and oxygen atoms in total. The van der Waals surface area contributed by atoms with E-state index in [0.717, 1.165) is 30.0 Å². The summed E-state index contributed by atoms with van der Waals surface area (Å²) in [6.45, 7) is 3.43. The Kier molecular flexibility index (Phi) is 3.71. The van der Waals surface area contributed by atoms with E-state index in [4.69, 9.17) is 10.5 Å². The molecule has 5 heteroatoms. The van der Waals surface area contributed by atoms with Crippen molar-refractivity contribution < 1.29 is 4.74 Å². The SMILES string of the molecule is CCn1c(CC(CN)OC)nc2cccnc21. The number of nitrogens with zero attached hydrogens (tertiary/aromatic N) is 3. The summed E-state index contributed by atoms with van der Waals surface area (Å²) in [5, 5.41) is 0. The Morgan fingerprint density at radius 2 is 2.35 bits per heavy atom. The summed E-state index contributed by atoms with van der Waals surface area (Å²) in [5.74, 6) is 0.985. The molecule has 2 aromatic rings. The Morgan fingerprint density at radius 3 is 3.00 bits per heavy atom. The second-order valence-corrected chi connectivity index (χ2v) is 3.92. The van der Waals surface area contributed by atoms with E-state index in [2.05, 4.69) is 21.5 Å². The van der Waals surface area contributed by atoms with Gasteiger partial charge in [0.25, 0.3) is 0 Å². The minimum Gasteiger partial charge on any atom is -0.380 e. The van der Waals surface area contributed by atoms with Crippen LogP contribution in [0.3, 0.4) is 0 Å². The highest BCUT2D eigenvalue weighted by atomic mass is 16.5. The van der Waals surface area contributed by atoms with Crippen LogP contribution in [0.5, 0.6) is 0 Å². The van der Waals surface area contributed by atoms with Crippen molar-refractivity contribution in [3.05, 3.63) is 24.2 Å². The number of hydrogen-bond donors (Lipinski definition) is 1. The number of hydrogen-bond acceptors (Lipinski definition) is 4. The van der Waals surface area contributed by atoms with Gasteiger partial charge in [-0.3, -0.25) is 0 Å². The first kappa shape index (κ1) is 12.0. The van der Waals surface area contributed by atoms with Crippen molar-refractivity contribution in [1.29, 1.82) is 0 Å². The second-order valence-electron chi connectivity index (χ2n) is 3.92. The van der Waals surface area contributed by atoms with Gasteiger partial charge in [0.15, 0.2) is 5.65 Å². The maximum atomic E-state index is 5.64. The molecule has 1 atom stereocenters. The van der Waals surface area contributed by atoms with E-state index in [1.54, 1.807) is 13.3 Å². The Hall–Kier alpha value is -1.46. The van der Waals surface area contributed by atoms with Crippen molar-refractivity contribution in [2.24, 2.45) is 5.73 Å². The predicted molar refractivity (Wildman–Crippen MR) is 66.8 cm³/mol. The average Bonchev–Trinajstić information content (AvgIpc) is 2.72. The molecule has 0 aliphatic rings. The van der Waals surface area contributed by atoms with Crippen molar-refractivity contribution in [2.75, 3.05) is 13.7 Å². The van der Waals surface area contributed by atoms with Gasteiger partial charge < -0.3 is 15.0 Å². The summed E-state index contributed by atoms with van der Waals surface area (Å²) in [5.41, 5.74) is 7.49. The molecule has 0 spiro atoms. The minimum absolute atomic E-state index is 0.0112. The summed E-state index contributed by atoms with van der Waals surface area (Å²) < 4.78 is 7.41. The lowest BCUT2D eigenvalue weighted by atomic mass is 10.2. The number of nitrogens with two attached hydrogens (primary N) is 1. The van der Waals surface area contributed by atoms with Gasteiger partial charge in [0.2, 0.25) is 0 Å². The van der Waals surface area contributed by atoms with Crippen LogP contribution in [0.25, 0.3) is 11.2 Å². The maximum Gasteiger partial charge on any atom is 0.159 e. The Bertz CT molecular complexity index is 490. The van der Waals surface area contributed by atoms with Crippen LogP contribution in [0.15, 0.2) is 18.3 Å². The van der Waals surface area contributed by atoms with Crippen LogP contribution in [-0.2, 0) is 17.7 Å². The molecule has 0 saturated carbocycles. The van der Waals surface area contributed by atoms with Gasteiger partial charge in [-0.05, 0) is 19.1 Å². The van der Waals surface area contributed by atoms with Crippen LogP contribution in [0, 0.1) is 0 Å². The molecule has 2 N–H and O–H groups in total. The number of rotatable bonds is 5. The molecule has 2 rings (SSSR count). The van der Waals surface area contributed by atoms with Crippen LogP contribution in [-0.4, -0.2) is 34.3 Å². The molecule has 2 aromatic heterocycles. The number of aryl methyl sites for hydroxylation is 1. The van der Waals surface area contributed by atoms with Gasteiger partial charge in [-0.25, -0.2) is 9.97 Å². The molecule has 0 aliphatic carbocycles. The van der Waals surface area contributed by atoms with Gasteiger partial charge in [0.1, 0.15) is 11.3 Å². The molecule has 0 aromatic carbocycles. The van der Waals surface area contributed by atoms with Crippen molar-refractivity contribution in [3.63, 3.8) is 0 Å². The van der Waals surface area contributed by atoms with Gasteiger partial charge in [0, 0.05) is 32.8 Å². The number of fused-ring (bicyclic) bond motifs is 1. The second kappa shape index (κ2) is 5.25. The summed E-state index contributed by atoms with van der Waals surface area (Å²) in [6, 6.07) is 3.87. The first-order valence-corrected chi connectivity index (χ1v) is 5.83. The van der Waals surface area contributed by atoms with E-state index >= 15 is 0 Å². The van der Waals surface area contributed by atoms with Crippen LogP contribution in [0.1, 0.15) is 12.7 Å². The van der Waals surface area contributed by atoms with E-state index in [1.807, 2.05) is 12.1 Å². The van der Waals surface area contributed by atoms with Crippen molar-refractivity contribution >= 4 is 11.2 Å². The molecular formula is C12H18N4O. The molecule has 0 bridgehead atoms. The van der Waals surface area contributed by atoms with Crippen molar-refractivity contribution in [3.8, 4) is 0 Å². The zero-order valence-electron chi connectivity index (χ0n) is 10.3. The van der Waals surface area contributed by atoms with Crippen molar-refractivity contribution in [1.82, 2.24) is 14.5 Å². The highest BCUT2D eigenvalue weighted by molar-refractivity contribution is 5.71. The van der Waals surface area contributed by atoms with E-state index in [-0.39, 0.29) is 6.10 Å². The van der Waals surface area contributed by atoms with Gasteiger partial charge >= 0.3 is 0 Å². The lowest BCUT2D eigenvalue weighted by molar-refractivity contribution is 0.107. The van der Waals surface area contributed by atoms with Gasteiger partial charge in [-0.15, -0.1) is 0 Å². The standard InChI is InChI=1S/C12H18N4O/c1-3-16-11(7-9(8-13)17-2)15-10-5-4-6-14-12(10)16/h4-6,9H,3,7-8,13H2,1-2H3. The highest BCUT2D eigenvalue weighted by Gasteiger charge is 2.14. The van der Waals surface area contributed by atoms with E-state index in [9.17, 15) is 0 Å². The third-order valence-electron chi connectivity index (χ3n) is 2.91. The normalized spacial score (nSPS) is 13.1. The van der Waals surface area contributed by atoms with E-state index in [0.29, 0.717) is 6.54 Å². The number of aromatic nitrogens is 3. The largest absolute Gasteiger partial charge is 0.380 e. The number of ether oxygens (including phenoxy) is 1. The molecule has 0 aliphatic heterocycles. The van der Waals surface area contributed by atoms with Crippen LogP contribution >= 0.6 is 0 Å². The third-order valence-corrected chi connectivity index (χ3v) is 2.91. The molecule has 0 saturated heterocycles. The molecule has 17 heavy (non-hydrogen) atoms. The Balaban J connectivity index is 2.39. The molecule has 0 amide bonds. The molecule has 92 valence electrons. The van der Waals surface area contributed by atoms with Crippen LogP contribution < -0.4 is 5.73 Å². The van der Waals surface area contributed by atoms with Crippen molar-refractivity contribution in [2.45, 2.75) is 26.0 Å². The topological polar surface area (TPSA) is 66.0 Å². The average molecular weight is 234 g/mol. The first-order valence-electron chi connectivity index (χ1n) is 5.83. The Morgan fingerprint density at radius 1 is 1.53 bits per heavy atom.